The Morgan fingerprint density at radius 3 is 2.46 bits per heavy atom. The van der Waals surface area contributed by atoms with Crippen LogP contribution in [0.1, 0.15) is 38.2 Å². The van der Waals surface area contributed by atoms with Crippen LogP contribution in [0.5, 0.6) is 0 Å². The van der Waals surface area contributed by atoms with Crippen LogP contribution in [-0.4, -0.2) is 77.8 Å². The number of aliphatic hydroxyl groups excluding tert-OH is 1. The Morgan fingerprint density at radius 1 is 1.08 bits per heavy atom. The van der Waals surface area contributed by atoms with Crippen molar-refractivity contribution in [2.24, 2.45) is 0 Å². The highest BCUT2D eigenvalue weighted by atomic mass is 19.1. The van der Waals surface area contributed by atoms with Gasteiger partial charge in [-0.3, -0.25) is 9.80 Å². The molecule has 2 heterocycles. The fourth-order valence-electron chi connectivity index (χ4n) is 4.53. The molecular weight excluding hydrogens is 329 g/mol. The highest BCUT2D eigenvalue weighted by Gasteiger charge is 2.32. The van der Waals surface area contributed by atoms with E-state index < -0.39 is 0 Å². The lowest BCUT2D eigenvalue weighted by molar-refractivity contribution is 0.0132. The average molecular weight is 364 g/mol. The molecule has 2 saturated heterocycles. The summed E-state index contributed by atoms with van der Waals surface area (Å²) in [6, 6.07) is 7.90. The summed E-state index contributed by atoms with van der Waals surface area (Å²) in [4.78, 5) is 7.71. The molecule has 146 valence electrons. The summed E-state index contributed by atoms with van der Waals surface area (Å²) in [5.74, 6) is -0.181. The van der Waals surface area contributed by atoms with Crippen LogP contribution in [0.25, 0.3) is 0 Å². The summed E-state index contributed by atoms with van der Waals surface area (Å²) >= 11 is 0. The number of hydrogen-bond acceptors (Lipinski definition) is 4. The van der Waals surface area contributed by atoms with Gasteiger partial charge in [-0.25, -0.2) is 4.39 Å². The smallest absolute Gasteiger partial charge is 0.123 e. The van der Waals surface area contributed by atoms with Crippen molar-refractivity contribution in [3.8, 4) is 0 Å². The largest absolute Gasteiger partial charge is 0.396 e. The van der Waals surface area contributed by atoms with Gasteiger partial charge in [0.1, 0.15) is 5.82 Å². The van der Waals surface area contributed by atoms with Gasteiger partial charge >= 0.3 is 0 Å². The predicted octanol–water partition coefficient (Wildman–Crippen LogP) is 2.57. The van der Waals surface area contributed by atoms with E-state index in [0.717, 1.165) is 38.2 Å². The number of aliphatic hydroxyl groups is 1. The lowest BCUT2D eigenvalue weighted by Gasteiger charge is -2.46. The molecule has 1 atom stereocenters. The normalized spacial score (nSPS) is 24.2. The third-order valence-corrected chi connectivity index (χ3v) is 6.01. The van der Waals surface area contributed by atoms with Gasteiger partial charge < -0.3 is 10.0 Å². The molecule has 2 aliphatic rings. The molecule has 2 aliphatic heterocycles. The molecule has 4 nitrogen and oxygen atoms in total. The zero-order valence-electron chi connectivity index (χ0n) is 16.1. The van der Waals surface area contributed by atoms with Crippen LogP contribution >= 0.6 is 0 Å². The molecule has 0 radical (unpaired) electrons. The molecule has 0 aromatic heterocycles. The number of likely N-dealkylation sites (tertiary alicyclic amines) is 1. The second-order valence-electron chi connectivity index (χ2n) is 7.83. The van der Waals surface area contributed by atoms with E-state index in [9.17, 15) is 9.50 Å². The van der Waals surface area contributed by atoms with E-state index in [-0.39, 0.29) is 12.4 Å². The molecule has 0 spiro atoms. The molecule has 3 rings (SSSR count). The van der Waals surface area contributed by atoms with Gasteiger partial charge in [0.2, 0.25) is 0 Å². The summed E-state index contributed by atoms with van der Waals surface area (Å²) < 4.78 is 13.1. The fraction of sp³-hybridized carbons (Fsp3) is 0.714. The Labute approximate surface area is 157 Å². The summed E-state index contributed by atoms with van der Waals surface area (Å²) in [7, 11) is 0. The van der Waals surface area contributed by atoms with E-state index >= 15 is 0 Å². The van der Waals surface area contributed by atoms with Crippen molar-refractivity contribution in [1.82, 2.24) is 14.7 Å². The zero-order valence-corrected chi connectivity index (χ0v) is 16.1. The van der Waals surface area contributed by atoms with Crippen LogP contribution < -0.4 is 0 Å². The number of rotatable bonds is 7. The second-order valence-corrected chi connectivity index (χ2v) is 7.83. The lowest BCUT2D eigenvalue weighted by Crippen LogP contribution is -2.57. The Morgan fingerprint density at radius 2 is 1.81 bits per heavy atom. The monoisotopic (exact) mass is 363 g/mol. The Kier molecular flexibility index (Phi) is 7.43. The van der Waals surface area contributed by atoms with Crippen LogP contribution in [-0.2, 0) is 6.54 Å². The quantitative estimate of drug-likeness (QED) is 0.806. The molecular formula is C21H34FN3O. The highest BCUT2D eigenvalue weighted by molar-refractivity contribution is 5.16. The molecule has 0 saturated carbocycles. The minimum absolute atomic E-state index is 0.181. The van der Waals surface area contributed by atoms with Gasteiger partial charge in [0.05, 0.1) is 0 Å². The maximum Gasteiger partial charge on any atom is 0.123 e. The van der Waals surface area contributed by atoms with E-state index in [0.29, 0.717) is 12.1 Å². The average Bonchev–Trinajstić information content (AvgIpc) is 2.66. The number of benzene rings is 1. The predicted molar refractivity (Wildman–Crippen MR) is 104 cm³/mol. The van der Waals surface area contributed by atoms with Crippen LogP contribution in [0.15, 0.2) is 24.3 Å². The first-order chi connectivity index (χ1) is 12.7. The number of halogens is 1. The molecule has 1 aromatic carbocycles. The first-order valence-corrected chi connectivity index (χ1v) is 10.3. The third kappa shape index (κ3) is 5.26. The third-order valence-electron chi connectivity index (χ3n) is 6.01. The van der Waals surface area contributed by atoms with Crippen molar-refractivity contribution in [3.05, 3.63) is 35.6 Å². The van der Waals surface area contributed by atoms with Gasteiger partial charge in [-0.05, 0) is 63.0 Å². The number of piperidine rings is 1. The highest BCUT2D eigenvalue weighted by Crippen LogP contribution is 2.23. The van der Waals surface area contributed by atoms with Crippen molar-refractivity contribution in [1.29, 1.82) is 0 Å². The van der Waals surface area contributed by atoms with Crippen LogP contribution in [0.2, 0.25) is 0 Å². The molecule has 0 aliphatic carbocycles. The number of nitrogens with zero attached hydrogens (tertiary/aromatic N) is 3. The van der Waals surface area contributed by atoms with Gasteiger partial charge in [-0.1, -0.05) is 19.1 Å². The van der Waals surface area contributed by atoms with Crippen molar-refractivity contribution in [2.45, 2.75) is 51.2 Å². The van der Waals surface area contributed by atoms with Gasteiger partial charge in [-0.2, -0.15) is 0 Å². The maximum atomic E-state index is 13.1. The SMILES string of the molecule is CCCN1CCC(N2CCN(Cc3ccc(F)cc3)[C@H](CCO)C2)CC1. The van der Waals surface area contributed by atoms with Gasteiger partial charge in [0, 0.05) is 44.9 Å². The van der Waals surface area contributed by atoms with Crippen molar-refractivity contribution < 1.29 is 9.50 Å². The molecule has 5 heteroatoms. The molecule has 2 fully saturated rings. The Balaban J connectivity index is 1.55. The van der Waals surface area contributed by atoms with E-state index in [4.69, 9.17) is 0 Å². The summed E-state index contributed by atoms with van der Waals surface area (Å²) in [5, 5.41) is 9.53. The van der Waals surface area contributed by atoms with Crippen LogP contribution in [0.3, 0.4) is 0 Å². The first-order valence-electron chi connectivity index (χ1n) is 10.3. The minimum Gasteiger partial charge on any atom is -0.396 e. The topological polar surface area (TPSA) is 30.0 Å². The van der Waals surface area contributed by atoms with Crippen LogP contribution in [0.4, 0.5) is 4.39 Å². The lowest BCUT2D eigenvalue weighted by atomic mass is 9.99. The molecule has 0 bridgehead atoms. The van der Waals surface area contributed by atoms with Crippen molar-refractivity contribution >= 4 is 0 Å². The van der Waals surface area contributed by atoms with Crippen molar-refractivity contribution in [3.63, 3.8) is 0 Å². The second kappa shape index (κ2) is 9.79. The molecule has 1 N–H and O–H groups in total. The molecule has 1 aromatic rings. The van der Waals surface area contributed by atoms with Gasteiger partial charge in [0.15, 0.2) is 0 Å². The van der Waals surface area contributed by atoms with E-state index in [1.54, 1.807) is 0 Å². The molecule has 26 heavy (non-hydrogen) atoms. The summed E-state index contributed by atoms with van der Waals surface area (Å²) in [6.45, 7) is 10.2. The maximum absolute atomic E-state index is 13.1. The minimum atomic E-state index is -0.181. The number of piperazine rings is 1. The van der Waals surface area contributed by atoms with Gasteiger partial charge in [0.25, 0.3) is 0 Å². The molecule has 0 amide bonds. The van der Waals surface area contributed by atoms with E-state index in [1.807, 2.05) is 12.1 Å². The first kappa shape index (κ1) is 19.7. The Bertz CT molecular complexity index is 531. The zero-order chi connectivity index (χ0) is 18.4. The van der Waals surface area contributed by atoms with E-state index in [2.05, 4.69) is 21.6 Å². The van der Waals surface area contributed by atoms with Gasteiger partial charge in [-0.15, -0.1) is 0 Å². The van der Waals surface area contributed by atoms with Crippen LogP contribution in [0, 0.1) is 5.82 Å². The van der Waals surface area contributed by atoms with E-state index in [1.165, 1.54) is 51.0 Å². The fourth-order valence-corrected chi connectivity index (χ4v) is 4.53. The standard InChI is InChI=1S/C21H34FN3O/c1-2-10-23-11-7-20(8-12-23)25-14-13-24(21(17-25)9-15-26)16-18-3-5-19(22)6-4-18/h3-6,20-21,26H,2,7-17H2,1H3/t21-/m1/s1. The number of hydrogen-bond donors (Lipinski definition) is 1. The Hall–Kier alpha value is -1.01. The summed E-state index contributed by atoms with van der Waals surface area (Å²) in [6.07, 6.45) is 4.59. The summed E-state index contributed by atoms with van der Waals surface area (Å²) in [5.41, 5.74) is 1.15. The van der Waals surface area contributed by atoms with Crippen molar-refractivity contribution in [2.75, 3.05) is 45.9 Å². The molecule has 0 unspecified atom stereocenters.